The van der Waals surface area contributed by atoms with Crippen LogP contribution in [0.2, 0.25) is 5.02 Å². The summed E-state index contributed by atoms with van der Waals surface area (Å²) in [6.45, 7) is 0. The Bertz CT molecular complexity index is 778. The summed E-state index contributed by atoms with van der Waals surface area (Å²) in [5.74, 6) is -0.569. The lowest BCUT2D eigenvalue weighted by atomic mass is 10.2. The zero-order valence-electron chi connectivity index (χ0n) is 12.4. The number of nitro groups is 1. The van der Waals surface area contributed by atoms with Crippen molar-refractivity contribution >= 4 is 63.7 Å². The molecule has 0 aromatic heterocycles. The number of amides is 1. The molecule has 2 aromatic carbocycles. The Kier molecular flexibility index (Phi) is 6.35. The largest absolute Gasteiger partial charge is 0.362 e. The monoisotopic (exact) mass is 421 g/mol. The Balaban J connectivity index is 2.16. The third-order valence-electron chi connectivity index (χ3n) is 3.08. The van der Waals surface area contributed by atoms with E-state index in [1.165, 1.54) is 24.3 Å². The summed E-state index contributed by atoms with van der Waals surface area (Å²) in [4.78, 5) is 22.4. The predicted molar refractivity (Wildman–Crippen MR) is 99.7 cm³/mol. The van der Waals surface area contributed by atoms with Crippen molar-refractivity contribution in [1.29, 1.82) is 0 Å². The molecule has 1 amide bonds. The summed E-state index contributed by atoms with van der Waals surface area (Å²) in [6, 6.07) is 11.7. The van der Waals surface area contributed by atoms with Crippen molar-refractivity contribution in [2.45, 2.75) is 9.96 Å². The van der Waals surface area contributed by atoms with E-state index in [9.17, 15) is 14.9 Å². The Morgan fingerprint density at radius 3 is 2.28 bits per heavy atom. The van der Waals surface area contributed by atoms with Crippen molar-refractivity contribution in [3.05, 3.63) is 69.2 Å². The van der Waals surface area contributed by atoms with Gasteiger partial charge in [0.15, 0.2) is 0 Å². The van der Waals surface area contributed by atoms with Gasteiger partial charge in [0.25, 0.3) is 11.6 Å². The number of nitrogens with zero attached hydrogens (tertiary/aromatic N) is 1. The minimum absolute atomic E-state index is 0.133. The van der Waals surface area contributed by atoms with Crippen LogP contribution in [0.1, 0.15) is 10.4 Å². The highest BCUT2D eigenvalue weighted by molar-refractivity contribution is 6.68. The lowest BCUT2D eigenvalue weighted by molar-refractivity contribution is -0.384. The molecule has 2 aromatic rings. The van der Waals surface area contributed by atoms with Crippen molar-refractivity contribution in [3.63, 3.8) is 0 Å². The predicted octanol–water partition coefficient (Wildman–Crippen LogP) is 4.79. The number of carbonyl (C=O) groups excluding carboxylic acids is 1. The molecule has 2 N–H and O–H groups in total. The number of nitrogens with one attached hydrogen (secondary N) is 2. The van der Waals surface area contributed by atoms with Gasteiger partial charge in [-0.2, -0.15) is 0 Å². The average Bonchev–Trinajstić information content (AvgIpc) is 2.53. The molecule has 0 aliphatic carbocycles. The van der Waals surface area contributed by atoms with Gasteiger partial charge >= 0.3 is 0 Å². The number of benzene rings is 2. The van der Waals surface area contributed by atoms with Crippen LogP contribution in [0.5, 0.6) is 0 Å². The smallest absolute Gasteiger partial charge is 0.269 e. The second kappa shape index (κ2) is 8.10. The molecule has 1 atom stereocenters. The molecule has 0 spiro atoms. The summed E-state index contributed by atoms with van der Waals surface area (Å²) in [6.07, 6.45) is -1.07. The fourth-order valence-electron chi connectivity index (χ4n) is 1.89. The van der Waals surface area contributed by atoms with Gasteiger partial charge in [-0.05, 0) is 30.3 Å². The zero-order chi connectivity index (χ0) is 18.6. The van der Waals surface area contributed by atoms with E-state index in [0.717, 1.165) is 0 Å². The maximum atomic E-state index is 12.3. The van der Waals surface area contributed by atoms with Gasteiger partial charge in [-0.15, -0.1) is 0 Å². The van der Waals surface area contributed by atoms with Gasteiger partial charge in [0.1, 0.15) is 6.17 Å². The van der Waals surface area contributed by atoms with Crippen molar-refractivity contribution in [3.8, 4) is 0 Å². The number of nitro benzene ring substituents is 1. The number of hydrogen-bond donors (Lipinski definition) is 2. The van der Waals surface area contributed by atoms with Crippen LogP contribution >= 0.6 is 46.4 Å². The summed E-state index contributed by atoms with van der Waals surface area (Å²) in [5.41, 5.74) is 0.581. The molecule has 132 valence electrons. The normalized spacial score (nSPS) is 12.3. The number of non-ortho nitro benzene ring substituents is 1. The van der Waals surface area contributed by atoms with Crippen LogP contribution in [0.15, 0.2) is 48.5 Å². The molecular weight excluding hydrogens is 412 g/mol. The highest BCUT2D eigenvalue weighted by Gasteiger charge is 2.34. The fourth-order valence-corrected chi connectivity index (χ4v) is 2.41. The molecule has 0 bridgehead atoms. The lowest BCUT2D eigenvalue weighted by Gasteiger charge is -2.27. The molecule has 2 rings (SSSR count). The van der Waals surface area contributed by atoms with E-state index >= 15 is 0 Å². The summed E-state index contributed by atoms with van der Waals surface area (Å²) < 4.78 is -1.86. The average molecular weight is 423 g/mol. The molecule has 0 heterocycles. The van der Waals surface area contributed by atoms with E-state index in [1.807, 2.05) is 0 Å². The summed E-state index contributed by atoms with van der Waals surface area (Å²) in [5, 5.41) is 16.5. The van der Waals surface area contributed by atoms with Gasteiger partial charge in [0.2, 0.25) is 3.79 Å². The van der Waals surface area contributed by atoms with Crippen molar-refractivity contribution in [1.82, 2.24) is 5.32 Å². The van der Waals surface area contributed by atoms with E-state index in [2.05, 4.69) is 10.6 Å². The molecule has 10 heteroatoms. The number of rotatable bonds is 5. The number of halogens is 4. The van der Waals surface area contributed by atoms with E-state index in [4.69, 9.17) is 46.4 Å². The highest BCUT2D eigenvalue weighted by Crippen LogP contribution is 2.31. The Hall–Kier alpha value is -1.73. The van der Waals surface area contributed by atoms with Gasteiger partial charge < -0.3 is 10.6 Å². The lowest BCUT2D eigenvalue weighted by Crippen LogP contribution is -2.49. The number of alkyl halides is 3. The van der Waals surface area contributed by atoms with Crippen LogP contribution in [0.25, 0.3) is 0 Å². The first-order chi connectivity index (χ1) is 11.7. The molecule has 0 aliphatic rings. The van der Waals surface area contributed by atoms with Crippen LogP contribution in [0.4, 0.5) is 11.4 Å². The SMILES string of the molecule is O=C(N[C@@H](Nc1cccc(Cl)c1)C(Cl)(Cl)Cl)c1ccc([N+](=O)[O-])cc1. The quantitative estimate of drug-likeness (QED) is 0.314. The molecule has 25 heavy (non-hydrogen) atoms. The van der Waals surface area contributed by atoms with Crippen LogP contribution in [0, 0.1) is 10.1 Å². The molecule has 0 saturated carbocycles. The van der Waals surface area contributed by atoms with Crippen LogP contribution in [0.3, 0.4) is 0 Å². The van der Waals surface area contributed by atoms with Crippen molar-refractivity contribution < 1.29 is 9.72 Å². The first kappa shape index (κ1) is 19.6. The summed E-state index contributed by atoms with van der Waals surface area (Å²) in [7, 11) is 0. The van der Waals surface area contributed by atoms with Crippen LogP contribution in [-0.4, -0.2) is 20.8 Å². The third kappa shape index (κ3) is 5.64. The second-order valence-electron chi connectivity index (χ2n) is 4.91. The maximum absolute atomic E-state index is 12.3. The van der Waals surface area contributed by atoms with E-state index in [-0.39, 0.29) is 11.3 Å². The first-order valence-corrected chi connectivity index (χ1v) is 8.32. The maximum Gasteiger partial charge on any atom is 0.269 e. The third-order valence-corrected chi connectivity index (χ3v) is 3.97. The molecular formula is C15H11Cl4N3O3. The Morgan fingerprint density at radius 1 is 1.12 bits per heavy atom. The molecule has 0 unspecified atom stereocenters. The van der Waals surface area contributed by atoms with Crippen molar-refractivity contribution in [2.24, 2.45) is 0 Å². The van der Waals surface area contributed by atoms with Crippen molar-refractivity contribution in [2.75, 3.05) is 5.32 Å². The second-order valence-corrected chi connectivity index (χ2v) is 7.71. The van der Waals surface area contributed by atoms with E-state index in [1.54, 1.807) is 24.3 Å². The van der Waals surface area contributed by atoms with Crippen LogP contribution < -0.4 is 10.6 Å². The molecule has 6 nitrogen and oxygen atoms in total. The van der Waals surface area contributed by atoms with Gasteiger partial charge in [-0.1, -0.05) is 52.5 Å². The van der Waals surface area contributed by atoms with Gasteiger partial charge in [0.05, 0.1) is 4.92 Å². The standard InChI is InChI=1S/C15H11Cl4N3O3/c16-10-2-1-3-11(8-10)20-14(15(17,18)19)21-13(23)9-4-6-12(7-5-9)22(24)25/h1-8,14,20H,(H,21,23)/t14-/m1/s1. The molecule has 0 aliphatic heterocycles. The minimum Gasteiger partial charge on any atom is -0.362 e. The first-order valence-electron chi connectivity index (χ1n) is 6.81. The van der Waals surface area contributed by atoms with Gasteiger partial charge in [-0.3, -0.25) is 14.9 Å². The molecule has 0 saturated heterocycles. The Labute approximate surface area is 163 Å². The van der Waals surface area contributed by atoms with Gasteiger partial charge in [-0.25, -0.2) is 0 Å². The van der Waals surface area contributed by atoms with E-state index in [0.29, 0.717) is 10.7 Å². The Morgan fingerprint density at radius 2 is 1.76 bits per heavy atom. The van der Waals surface area contributed by atoms with Gasteiger partial charge in [0, 0.05) is 28.4 Å². The fraction of sp³-hybridized carbons (Fsp3) is 0.133. The molecule has 0 radical (unpaired) electrons. The number of carbonyl (C=O) groups is 1. The number of hydrogen-bond acceptors (Lipinski definition) is 4. The van der Waals surface area contributed by atoms with Crippen LogP contribution in [-0.2, 0) is 0 Å². The highest BCUT2D eigenvalue weighted by atomic mass is 35.6. The van der Waals surface area contributed by atoms with E-state index < -0.39 is 20.8 Å². The molecule has 0 fully saturated rings. The summed E-state index contributed by atoms with van der Waals surface area (Å²) >= 11 is 23.7. The zero-order valence-corrected chi connectivity index (χ0v) is 15.4. The number of anilines is 1. The minimum atomic E-state index is -1.86. The topological polar surface area (TPSA) is 84.3 Å².